The Bertz CT molecular complexity index is 2370. The van der Waals surface area contributed by atoms with Crippen LogP contribution in [0.15, 0.2) is 54.6 Å². The van der Waals surface area contributed by atoms with E-state index in [1.807, 2.05) is 29.2 Å². The number of rotatable bonds is 8. The van der Waals surface area contributed by atoms with Gasteiger partial charge in [0.2, 0.25) is 0 Å². The molecule has 3 saturated carbocycles. The first kappa shape index (κ1) is 41.1. The Morgan fingerprint density at radius 3 is 2.26 bits per heavy atom. The van der Waals surface area contributed by atoms with Gasteiger partial charge >= 0.3 is 0 Å². The fourth-order valence-electron chi connectivity index (χ4n) is 10.5. The van der Waals surface area contributed by atoms with Gasteiger partial charge in [-0.25, -0.2) is 0 Å². The summed E-state index contributed by atoms with van der Waals surface area (Å²) in [5.41, 5.74) is 5.01. The molecule has 4 fully saturated rings. The Labute approximate surface area is 362 Å². The van der Waals surface area contributed by atoms with Crippen LogP contribution in [0.25, 0.3) is 0 Å². The fraction of sp³-hybridized carbons (Fsp3) is 0.480. The number of halogens is 1. The molecular formula is C50H51ClN4O6. The van der Waals surface area contributed by atoms with Crippen LogP contribution in [-0.4, -0.2) is 81.3 Å². The predicted molar refractivity (Wildman–Crippen MR) is 229 cm³/mol. The number of likely N-dealkylation sites (tertiary alicyclic amines) is 1. The maximum atomic E-state index is 13.5. The molecule has 11 heteroatoms. The largest absolute Gasteiger partial charge is 0.490 e. The number of Topliss-reactive ketones (excluding diaryl/α,β-unsaturated/α-hetero) is 2. The smallest absolute Gasteiger partial charge is 0.262 e. The van der Waals surface area contributed by atoms with Crippen LogP contribution >= 0.6 is 11.6 Å². The predicted octanol–water partition coefficient (Wildman–Crippen LogP) is 8.10. The van der Waals surface area contributed by atoms with E-state index in [9.17, 15) is 24.0 Å². The van der Waals surface area contributed by atoms with Gasteiger partial charge in [-0.05, 0) is 137 Å². The van der Waals surface area contributed by atoms with E-state index >= 15 is 0 Å². The van der Waals surface area contributed by atoms with Gasteiger partial charge in [0.1, 0.15) is 17.6 Å². The van der Waals surface area contributed by atoms with Crippen molar-refractivity contribution >= 4 is 40.9 Å². The van der Waals surface area contributed by atoms with E-state index in [-0.39, 0.29) is 48.9 Å². The average Bonchev–Trinajstić information content (AvgIpc) is 3.70. The summed E-state index contributed by atoms with van der Waals surface area (Å²) >= 11 is 6.19. The molecular weight excluding hydrogens is 788 g/mol. The van der Waals surface area contributed by atoms with E-state index in [1.165, 1.54) is 25.7 Å². The summed E-state index contributed by atoms with van der Waals surface area (Å²) in [4.78, 5) is 70.9. The zero-order chi connectivity index (χ0) is 42.2. The van der Waals surface area contributed by atoms with Gasteiger partial charge in [-0.15, -0.1) is 0 Å². The van der Waals surface area contributed by atoms with Gasteiger partial charge in [0.25, 0.3) is 17.7 Å². The number of carbonyl (C=O) groups excluding carboxylic acids is 5. The number of hydrogen-bond acceptors (Lipinski definition) is 8. The molecule has 3 aromatic rings. The van der Waals surface area contributed by atoms with Crippen molar-refractivity contribution in [2.45, 2.75) is 127 Å². The second-order valence-corrected chi connectivity index (χ2v) is 18.4. The molecule has 1 saturated heterocycles. The van der Waals surface area contributed by atoms with Crippen molar-refractivity contribution in [3.05, 3.63) is 98.6 Å². The van der Waals surface area contributed by atoms with Crippen LogP contribution in [0.5, 0.6) is 5.75 Å². The van der Waals surface area contributed by atoms with Crippen molar-refractivity contribution in [1.29, 1.82) is 5.26 Å². The zero-order valence-corrected chi connectivity index (χ0v) is 35.3. The standard InChI is InChI=1S/C50H51ClN4O6/c51-45-26-41(18-12-35(45)27-52)61-40-19-15-38(16-20-40)54-30-36-24-32(10-21-42(36)48(54)58)6-7-34-28-53(29-34)37-13-8-31(9-14-37)4-5-33-11-22-43-44(25-33)50(60)55(49(43)59)46-23-17-39(56)2-1-3-47(46)57/h10-12,18,21-22,24-26,31,34,37-38,40,46H,1-5,8-9,13-17,19-20,23,28-30H2. The maximum absolute atomic E-state index is 13.5. The first-order valence-electron chi connectivity index (χ1n) is 22.2. The van der Waals surface area contributed by atoms with Gasteiger partial charge in [0.05, 0.1) is 33.9 Å². The number of fused-ring (bicyclic) bond motifs is 2. The average molecular weight is 839 g/mol. The lowest BCUT2D eigenvalue weighted by Crippen LogP contribution is -2.52. The Hall–Kier alpha value is -5.29. The highest BCUT2D eigenvalue weighted by Gasteiger charge is 2.43. The second-order valence-electron chi connectivity index (χ2n) is 18.0. The Kier molecular flexibility index (Phi) is 11.8. The molecule has 3 aromatic carbocycles. The van der Waals surface area contributed by atoms with E-state index < -0.39 is 17.9 Å². The van der Waals surface area contributed by atoms with E-state index in [1.54, 1.807) is 24.3 Å². The fourth-order valence-corrected chi connectivity index (χ4v) is 10.7. The molecule has 3 heterocycles. The number of aryl methyl sites for hydroxylation is 1. The number of amides is 3. The molecule has 0 bridgehead atoms. The van der Waals surface area contributed by atoms with Crippen molar-refractivity contribution in [2.24, 2.45) is 11.8 Å². The van der Waals surface area contributed by atoms with Crippen molar-refractivity contribution in [3.63, 3.8) is 0 Å². The highest BCUT2D eigenvalue weighted by molar-refractivity contribution is 6.31. The third-order valence-electron chi connectivity index (χ3n) is 14.1. The third-order valence-corrected chi connectivity index (χ3v) is 14.4. The lowest BCUT2D eigenvalue weighted by molar-refractivity contribution is -0.125. The van der Waals surface area contributed by atoms with Gasteiger partial charge in [0.15, 0.2) is 5.78 Å². The van der Waals surface area contributed by atoms with E-state index in [2.05, 4.69) is 28.9 Å². The molecule has 0 spiro atoms. The third kappa shape index (κ3) is 8.63. The van der Waals surface area contributed by atoms with Crippen LogP contribution in [0, 0.1) is 35.0 Å². The molecule has 3 amide bonds. The summed E-state index contributed by atoms with van der Waals surface area (Å²) in [7, 11) is 0. The number of ketones is 2. The molecule has 1 unspecified atom stereocenters. The maximum Gasteiger partial charge on any atom is 0.262 e. The lowest BCUT2D eigenvalue weighted by Gasteiger charge is -2.45. The molecule has 6 aliphatic rings. The zero-order valence-electron chi connectivity index (χ0n) is 34.5. The molecule has 3 aliphatic carbocycles. The number of benzene rings is 3. The molecule has 61 heavy (non-hydrogen) atoms. The summed E-state index contributed by atoms with van der Waals surface area (Å²) in [6.07, 6.45) is 11.6. The van der Waals surface area contributed by atoms with E-state index in [0.717, 1.165) is 78.8 Å². The molecule has 1 atom stereocenters. The first-order chi connectivity index (χ1) is 29.6. The monoisotopic (exact) mass is 838 g/mol. The van der Waals surface area contributed by atoms with Crippen molar-refractivity contribution in [3.8, 4) is 23.7 Å². The highest BCUT2D eigenvalue weighted by atomic mass is 35.5. The summed E-state index contributed by atoms with van der Waals surface area (Å²) in [5.74, 6) is 7.78. The van der Waals surface area contributed by atoms with Gasteiger partial charge in [-0.2, -0.15) is 5.26 Å². The molecule has 0 radical (unpaired) electrons. The quantitative estimate of drug-likeness (QED) is 0.165. The summed E-state index contributed by atoms with van der Waals surface area (Å²) in [6.45, 7) is 2.60. The van der Waals surface area contributed by atoms with Crippen LogP contribution in [0.2, 0.25) is 5.02 Å². The highest BCUT2D eigenvalue weighted by Crippen LogP contribution is 2.36. The summed E-state index contributed by atoms with van der Waals surface area (Å²) < 4.78 is 6.17. The SMILES string of the molecule is N#Cc1ccc(OC2CCC(N3Cc4cc(C#CC5CN(C6CCC(CCc7ccc8c(c7)C(=O)N(C7CCC(=O)CCCC7=O)C8=O)CC6)C5)ccc4C3=O)CC2)cc1Cl. The molecule has 9 rings (SSSR count). The van der Waals surface area contributed by atoms with Crippen LogP contribution in [0.4, 0.5) is 0 Å². The van der Waals surface area contributed by atoms with E-state index in [4.69, 9.17) is 21.6 Å². The van der Waals surface area contributed by atoms with Crippen LogP contribution in [0.3, 0.4) is 0 Å². The molecule has 0 aromatic heterocycles. The van der Waals surface area contributed by atoms with Crippen molar-refractivity contribution in [2.75, 3.05) is 13.1 Å². The van der Waals surface area contributed by atoms with E-state index in [0.29, 0.717) is 64.7 Å². The van der Waals surface area contributed by atoms with Gasteiger partial charge in [-0.3, -0.25) is 33.8 Å². The minimum Gasteiger partial charge on any atom is -0.490 e. The molecule has 314 valence electrons. The number of nitriles is 1. The minimum absolute atomic E-state index is 0.0538. The molecule has 0 N–H and O–H groups in total. The molecule has 10 nitrogen and oxygen atoms in total. The van der Waals surface area contributed by atoms with Crippen LogP contribution < -0.4 is 4.74 Å². The number of carbonyl (C=O) groups is 5. The normalized spacial score (nSPS) is 25.8. The van der Waals surface area contributed by atoms with Crippen molar-refractivity contribution in [1.82, 2.24) is 14.7 Å². The molecule has 3 aliphatic heterocycles. The Morgan fingerprint density at radius 1 is 0.738 bits per heavy atom. The number of imide groups is 1. The second kappa shape index (κ2) is 17.6. The van der Waals surface area contributed by atoms with Gasteiger partial charge in [-0.1, -0.05) is 29.5 Å². The summed E-state index contributed by atoms with van der Waals surface area (Å²) in [6, 6.07) is 18.7. The lowest BCUT2D eigenvalue weighted by atomic mass is 9.80. The van der Waals surface area contributed by atoms with Gasteiger partial charge < -0.3 is 9.64 Å². The minimum atomic E-state index is -0.858. The van der Waals surface area contributed by atoms with Crippen LogP contribution in [0.1, 0.15) is 143 Å². The Balaban J connectivity index is 0.703. The topological polar surface area (TPSA) is 128 Å². The summed E-state index contributed by atoms with van der Waals surface area (Å²) in [5, 5.41) is 9.53. The number of hydrogen-bond donors (Lipinski definition) is 0. The number of ether oxygens (including phenoxy) is 1. The Morgan fingerprint density at radius 2 is 1.49 bits per heavy atom. The van der Waals surface area contributed by atoms with Crippen molar-refractivity contribution < 1.29 is 28.7 Å². The van der Waals surface area contributed by atoms with Gasteiger partial charge in [0, 0.05) is 74.1 Å². The van der Waals surface area contributed by atoms with Crippen LogP contribution in [-0.2, 0) is 22.6 Å². The first-order valence-corrected chi connectivity index (χ1v) is 22.6. The number of nitrogens with zero attached hydrogens (tertiary/aromatic N) is 4.